The predicted molar refractivity (Wildman–Crippen MR) is 88.5 cm³/mol. The molecule has 3 heteroatoms. The van der Waals surface area contributed by atoms with Gasteiger partial charge in [0.2, 0.25) is 5.91 Å². The van der Waals surface area contributed by atoms with Crippen molar-refractivity contribution in [3.8, 4) is 0 Å². The lowest BCUT2D eigenvalue weighted by Crippen LogP contribution is -2.38. The maximum Gasteiger partial charge on any atom is 0.229 e. The van der Waals surface area contributed by atoms with Crippen LogP contribution in [0.2, 0.25) is 0 Å². The molecule has 1 aliphatic rings. The first-order valence-corrected chi connectivity index (χ1v) is 8.21. The van der Waals surface area contributed by atoms with Gasteiger partial charge in [-0.25, -0.2) is 0 Å². The molecule has 0 aliphatic carbocycles. The van der Waals surface area contributed by atoms with Gasteiger partial charge < -0.3 is 10.6 Å². The van der Waals surface area contributed by atoms with E-state index in [1.165, 1.54) is 11.1 Å². The Bertz CT molecular complexity index is 496. The number of benzene rings is 1. The fourth-order valence-electron chi connectivity index (χ4n) is 3.09. The van der Waals surface area contributed by atoms with Crippen LogP contribution in [0.5, 0.6) is 0 Å². The third kappa shape index (κ3) is 3.85. The van der Waals surface area contributed by atoms with Crippen molar-refractivity contribution >= 4 is 11.6 Å². The first kappa shape index (κ1) is 16.0. The summed E-state index contributed by atoms with van der Waals surface area (Å²) in [7, 11) is 0. The van der Waals surface area contributed by atoms with E-state index in [0.717, 1.165) is 44.3 Å². The molecule has 1 aromatic carbocycles. The Balaban J connectivity index is 2.18. The van der Waals surface area contributed by atoms with E-state index >= 15 is 0 Å². The van der Waals surface area contributed by atoms with E-state index in [1.807, 2.05) is 18.7 Å². The van der Waals surface area contributed by atoms with Gasteiger partial charge in [-0.2, -0.15) is 0 Å². The molecule has 0 saturated heterocycles. The van der Waals surface area contributed by atoms with Crippen LogP contribution in [0.1, 0.15) is 51.2 Å². The lowest BCUT2D eigenvalue weighted by Gasteiger charge is -2.31. The number of amides is 1. The van der Waals surface area contributed by atoms with Gasteiger partial charge in [-0.1, -0.05) is 39.3 Å². The molecule has 1 amide bonds. The largest absolute Gasteiger partial charge is 0.327 e. The standard InChI is InChI=1S/C18H28N2O/c1-4-6-16(19)12-14-8-9-17-15(11-14)7-5-10-20(17)18(21)13(2)3/h8-9,11,13,16H,4-7,10,12,19H2,1-3H3. The molecule has 2 N–H and O–H groups in total. The van der Waals surface area contributed by atoms with Gasteiger partial charge in [-0.15, -0.1) is 0 Å². The number of rotatable bonds is 5. The molecule has 0 radical (unpaired) electrons. The van der Waals surface area contributed by atoms with Gasteiger partial charge in [0.25, 0.3) is 0 Å². The second-order valence-electron chi connectivity index (χ2n) is 6.46. The summed E-state index contributed by atoms with van der Waals surface area (Å²) in [6.45, 7) is 6.95. The summed E-state index contributed by atoms with van der Waals surface area (Å²) in [5.74, 6) is 0.278. The average Bonchev–Trinajstić information content (AvgIpc) is 2.45. The smallest absolute Gasteiger partial charge is 0.229 e. The summed E-state index contributed by atoms with van der Waals surface area (Å²) in [5.41, 5.74) is 9.85. The molecule has 0 spiro atoms. The molecular formula is C18H28N2O. The Morgan fingerprint density at radius 1 is 1.38 bits per heavy atom. The normalized spacial score (nSPS) is 16.0. The van der Waals surface area contributed by atoms with E-state index in [9.17, 15) is 4.79 Å². The molecule has 3 nitrogen and oxygen atoms in total. The van der Waals surface area contributed by atoms with Gasteiger partial charge in [0.1, 0.15) is 0 Å². The SMILES string of the molecule is CCCC(N)Cc1ccc2c(c1)CCCN2C(=O)C(C)C. The molecule has 0 fully saturated rings. The lowest BCUT2D eigenvalue weighted by atomic mass is 9.95. The number of hydrogen-bond donors (Lipinski definition) is 1. The van der Waals surface area contributed by atoms with Crippen LogP contribution in [-0.2, 0) is 17.6 Å². The monoisotopic (exact) mass is 288 g/mol. The first-order valence-electron chi connectivity index (χ1n) is 8.21. The highest BCUT2D eigenvalue weighted by molar-refractivity contribution is 5.95. The van der Waals surface area contributed by atoms with E-state index < -0.39 is 0 Å². The Kier molecular flexibility index (Phi) is 5.40. The van der Waals surface area contributed by atoms with Gasteiger partial charge in [0.05, 0.1) is 0 Å². The molecule has 0 saturated carbocycles. The predicted octanol–water partition coefficient (Wildman–Crippen LogP) is 3.29. The topological polar surface area (TPSA) is 46.3 Å². The minimum absolute atomic E-state index is 0.0496. The molecule has 1 aliphatic heterocycles. The Morgan fingerprint density at radius 3 is 2.81 bits per heavy atom. The molecule has 0 bridgehead atoms. The molecular weight excluding hydrogens is 260 g/mol. The second-order valence-corrected chi connectivity index (χ2v) is 6.46. The van der Waals surface area contributed by atoms with Gasteiger partial charge >= 0.3 is 0 Å². The molecule has 1 heterocycles. The number of aryl methyl sites for hydroxylation is 1. The molecule has 1 atom stereocenters. The van der Waals surface area contributed by atoms with Crippen LogP contribution in [0.15, 0.2) is 18.2 Å². The summed E-state index contributed by atoms with van der Waals surface area (Å²) in [6, 6.07) is 6.75. The molecule has 0 aromatic heterocycles. The highest BCUT2D eigenvalue weighted by Crippen LogP contribution is 2.29. The second kappa shape index (κ2) is 7.08. The van der Waals surface area contributed by atoms with E-state index in [2.05, 4.69) is 25.1 Å². The fraction of sp³-hybridized carbons (Fsp3) is 0.611. The maximum atomic E-state index is 12.3. The number of nitrogens with zero attached hydrogens (tertiary/aromatic N) is 1. The quantitative estimate of drug-likeness (QED) is 0.903. The average molecular weight is 288 g/mol. The molecule has 2 rings (SSSR count). The molecule has 1 aromatic rings. The number of anilines is 1. The van der Waals surface area contributed by atoms with E-state index in [0.29, 0.717) is 0 Å². The summed E-state index contributed by atoms with van der Waals surface area (Å²) >= 11 is 0. The van der Waals surface area contributed by atoms with Crippen molar-refractivity contribution in [2.45, 2.75) is 58.9 Å². The van der Waals surface area contributed by atoms with Crippen molar-refractivity contribution in [1.82, 2.24) is 0 Å². The van der Waals surface area contributed by atoms with Crippen molar-refractivity contribution in [1.29, 1.82) is 0 Å². The molecule has 116 valence electrons. The number of nitrogens with two attached hydrogens (primary N) is 1. The fourth-order valence-corrected chi connectivity index (χ4v) is 3.09. The number of fused-ring (bicyclic) bond motifs is 1. The Morgan fingerprint density at radius 2 is 2.14 bits per heavy atom. The minimum Gasteiger partial charge on any atom is -0.327 e. The van der Waals surface area contributed by atoms with E-state index in [1.54, 1.807) is 0 Å². The van der Waals surface area contributed by atoms with Crippen molar-refractivity contribution in [2.75, 3.05) is 11.4 Å². The van der Waals surface area contributed by atoms with Crippen LogP contribution in [0.3, 0.4) is 0 Å². The minimum atomic E-state index is 0.0496. The summed E-state index contributed by atoms with van der Waals surface area (Å²) in [6.07, 6.45) is 5.24. The number of hydrogen-bond acceptors (Lipinski definition) is 2. The summed E-state index contributed by atoms with van der Waals surface area (Å²) in [4.78, 5) is 14.3. The zero-order valence-corrected chi connectivity index (χ0v) is 13.6. The summed E-state index contributed by atoms with van der Waals surface area (Å²) in [5, 5.41) is 0. The Labute approximate surface area is 128 Å². The van der Waals surface area contributed by atoms with E-state index in [-0.39, 0.29) is 17.9 Å². The van der Waals surface area contributed by atoms with Gasteiger partial charge in [-0.3, -0.25) is 4.79 Å². The highest BCUT2D eigenvalue weighted by Gasteiger charge is 2.24. The summed E-state index contributed by atoms with van der Waals surface area (Å²) < 4.78 is 0. The van der Waals surface area contributed by atoms with Crippen molar-refractivity contribution in [3.05, 3.63) is 29.3 Å². The van der Waals surface area contributed by atoms with Crippen LogP contribution < -0.4 is 10.6 Å². The third-order valence-electron chi connectivity index (χ3n) is 4.18. The van der Waals surface area contributed by atoms with Crippen molar-refractivity contribution in [2.24, 2.45) is 11.7 Å². The maximum absolute atomic E-state index is 12.3. The van der Waals surface area contributed by atoms with Crippen LogP contribution in [0, 0.1) is 5.92 Å². The molecule has 21 heavy (non-hydrogen) atoms. The van der Waals surface area contributed by atoms with E-state index in [4.69, 9.17) is 5.73 Å². The van der Waals surface area contributed by atoms with Crippen molar-refractivity contribution in [3.63, 3.8) is 0 Å². The zero-order valence-electron chi connectivity index (χ0n) is 13.6. The van der Waals surface area contributed by atoms with Crippen LogP contribution in [0.4, 0.5) is 5.69 Å². The van der Waals surface area contributed by atoms with Crippen molar-refractivity contribution < 1.29 is 4.79 Å². The van der Waals surface area contributed by atoms with Crippen LogP contribution in [0.25, 0.3) is 0 Å². The van der Waals surface area contributed by atoms with Gasteiger partial charge in [0, 0.05) is 24.2 Å². The van der Waals surface area contributed by atoms with Gasteiger partial charge in [-0.05, 0) is 42.9 Å². The highest BCUT2D eigenvalue weighted by atomic mass is 16.2. The van der Waals surface area contributed by atoms with Crippen LogP contribution in [-0.4, -0.2) is 18.5 Å². The third-order valence-corrected chi connectivity index (χ3v) is 4.18. The number of carbonyl (C=O) groups is 1. The Hall–Kier alpha value is -1.35. The number of carbonyl (C=O) groups excluding carboxylic acids is 1. The molecule has 1 unspecified atom stereocenters. The van der Waals surface area contributed by atoms with Crippen LogP contribution >= 0.6 is 0 Å². The zero-order chi connectivity index (χ0) is 15.4. The lowest BCUT2D eigenvalue weighted by molar-refractivity contribution is -0.121. The van der Waals surface area contributed by atoms with Gasteiger partial charge in [0.15, 0.2) is 0 Å². The first-order chi connectivity index (χ1) is 10.0.